The Morgan fingerprint density at radius 3 is 2.59 bits per heavy atom. The summed E-state index contributed by atoms with van der Waals surface area (Å²) in [5.41, 5.74) is 3.57. The van der Waals surface area contributed by atoms with Crippen molar-refractivity contribution in [2.75, 3.05) is 11.9 Å². The zero-order chi connectivity index (χ0) is 18.5. The minimum Gasteiger partial charge on any atom is -0.439 e. The first kappa shape index (κ1) is 16.8. The molecule has 0 saturated heterocycles. The summed E-state index contributed by atoms with van der Waals surface area (Å²) in [4.78, 5) is 21.1. The Labute approximate surface area is 156 Å². The second-order valence-corrected chi connectivity index (χ2v) is 6.05. The van der Waals surface area contributed by atoms with Crippen LogP contribution in [0.4, 0.5) is 5.82 Å². The van der Waals surface area contributed by atoms with Gasteiger partial charge < -0.3 is 10.1 Å². The number of aromatic nitrogens is 5. The van der Waals surface area contributed by atoms with Crippen molar-refractivity contribution in [2.45, 2.75) is 13.3 Å². The van der Waals surface area contributed by atoms with E-state index in [0.29, 0.717) is 22.9 Å². The van der Waals surface area contributed by atoms with Gasteiger partial charge in [0.15, 0.2) is 11.5 Å². The molecule has 0 amide bonds. The molecule has 1 aromatic carbocycles. The summed E-state index contributed by atoms with van der Waals surface area (Å²) in [6, 6.07) is 11.8. The van der Waals surface area contributed by atoms with Crippen molar-refractivity contribution in [1.29, 1.82) is 0 Å². The monoisotopic (exact) mass is 358 g/mol. The van der Waals surface area contributed by atoms with E-state index in [2.05, 4.69) is 30.2 Å². The van der Waals surface area contributed by atoms with E-state index >= 15 is 0 Å². The molecular weight excluding hydrogens is 340 g/mol. The minimum atomic E-state index is 0.584. The highest BCUT2D eigenvalue weighted by Crippen LogP contribution is 2.20. The molecule has 27 heavy (non-hydrogen) atoms. The van der Waals surface area contributed by atoms with Crippen molar-refractivity contribution in [1.82, 2.24) is 24.9 Å². The molecule has 3 aromatic heterocycles. The van der Waals surface area contributed by atoms with E-state index in [9.17, 15) is 0 Å². The van der Waals surface area contributed by atoms with Crippen molar-refractivity contribution in [3.63, 3.8) is 0 Å². The summed E-state index contributed by atoms with van der Waals surface area (Å²) in [6.45, 7) is 2.74. The Morgan fingerprint density at radius 2 is 1.74 bits per heavy atom. The fourth-order valence-electron chi connectivity index (χ4n) is 2.66. The number of anilines is 1. The average Bonchev–Trinajstić information content (AvgIpc) is 2.70. The second-order valence-electron chi connectivity index (χ2n) is 6.05. The van der Waals surface area contributed by atoms with Crippen LogP contribution in [0.5, 0.6) is 11.6 Å². The predicted octanol–water partition coefficient (Wildman–Crippen LogP) is 3.57. The summed E-state index contributed by atoms with van der Waals surface area (Å²) >= 11 is 0. The molecule has 0 aliphatic rings. The molecule has 0 unspecified atom stereocenters. The maximum atomic E-state index is 5.78. The molecule has 0 radical (unpaired) electrons. The number of nitrogens with one attached hydrogen (secondary N) is 1. The van der Waals surface area contributed by atoms with E-state index in [4.69, 9.17) is 4.74 Å². The van der Waals surface area contributed by atoms with Gasteiger partial charge in [-0.1, -0.05) is 12.1 Å². The number of hydrogen-bond acceptors (Lipinski definition) is 7. The number of pyridine rings is 1. The number of aryl methyl sites for hydroxylation is 1. The minimum absolute atomic E-state index is 0.584. The van der Waals surface area contributed by atoms with E-state index in [1.165, 1.54) is 11.9 Å². The van der Waals surface area contributed by atoms with Crippen LogP contribution in [0.15, 0.2) is 61.3 Å². The third kappa shape index (κ3) is 4.14. The van der Waals surface area contributed by atoms with E-state index in [0.717, 1.165) is 24.3 Å². The van der Waals surface area contributed by atoms with Gasteiger partial charge >= 0.3 is 0 Å². The molecule has 0 fully saturated rings. The molecule has 1 N–H and O–H groups in total. The first-order valence-corrected chi connectivity index (χ1v) is 8.63. The van der Waals surface area contributed by atoms with Crippen molar-refractivity contribution in [3.8, 4) is 11.6 Å². The summed E-state index contributed by atoms with van der Waals surface area (Å²) in [5, 5.41) is 3.30. The smallest absolute Gasteiger partial charge is 0.219 e. The summed E-state index contributed by atoms with van der Waals surface area (Å²) in [5.74, 6) is 2.06. The van der Waals surface area contributed by atoms with Crippen molar-refractivity contribution < 1.29 is 4.74 Å². The van der Waals surface area contributed by atoms with Crippen LogP contribution in [0, 0.1) is 6.92 Å². The van der Waals surface area contributed by atoms with Crippen molar-refractivity contribution in [3.05, 3.63) is 72.4 Å². The van der Waals surface area contributed by atoms with Gasteiger partial charge in [-0.25, -0.2) is 24.9 Å². The third-order valence-corrected chi connectivity index (χ3v) is 4.01. The zero-order valence-electron chi connectivity index (χ0n) is 14.8. The van der Waals surface area contributed by atoms with Gasteiger partial charge in [0.25, 0.3) is 0 Å². The first-order valence-electron chi connectivity index (χ1n) is 8.63. The number of ether oxygens (including phenoxy) is 1. The molecule has 0 saturated carbocycles. The lowest BCUT2D eigenvalue weighted by atomic mass is 10.1. The maximum absolute atomic E-state index is 5.78. The van der Waals surface area contributed by atoms with Crippen LogP contribution in [0.3, 0.4) is 0 Å². The van der Waals surface area contributed by atoms with Gasteiger partial charge in [0.1, 0.15) is 17.6 Å². The number of fused-ring (bicyclic) bond motifs is 1. The van der Waals surface area contributed by atoms with Crippen molar-refractivity contribution in [2.24, 2.45) is 0 Å². The van der Waals surface area contributed by atoms with Gasteiger partial charge in [-0.2, -0.15) is 0 Å². The predicted molar refractivity (Wildman–Crippen MR) is 103 cm³/mol. The zero-order valence-corrected chi connectivity index (χ0v) is 14.8. The summed E-state index contributed by atoms with van der Waals surface area (Å²) in [7, 11) is 0. The normalized spacial score (nSPS) is 10.7. The van der Waals surface area contributed by atoms with Gasteiger partial charge in [0, 0.05) is 31.2 Å². The lowest BCUT2D eigenvalue weighted by Crippen LogP contribution is -2.08. The molecular formula is C20H18N6O. The van der Waals surface area contributed by atoms with Crippen LogP contribution < -0.4 is 10.1 Å². The third-order valence-electron chi connectivity index (χ3n) is 4.01. The van der Waals surface area contributed by atoms with Crippen LogP contribution in [-0.4, -0.2) is 31.5 Å². The second kappa shape index (κ2) is 7.74. The summed E-state index contributed by atoms with van der Waals surface area (Å²) in [6.07, 6.45) is 7.33. The van der Waals surface area contributed by atoms with Crippen molar-refractivity contribution >= 4 is 17.0 Å². The highest BCUT2D eigenvalue weighted by Gasteiger charge is 2.05. The SMILES string of the molecule is Cc1ccnc(Oc2ccc(CCNc3ncnc4nccnc34)cc2)c1. The molecule has 0 aliphatic carbocycles. The molecule has 4 aromatic rings. The quantitative estimate of drug-likeness (QED) is 0.564. The molecule has 3 heterocycles. The number of hydrogen-bond donors (Lipinski definition) is 1. The average molecular weight is 358 g/mol. The molecule has 0 spiro atoms. The molecule has 0 aliphatic heterocycles. The van der Waals surface area contributed by atoms with E-state index in [1.807, 2.05) is 43.3 Å². The molecule has 134 valence electrons. The van der Waals surface area contributed by atoms with Crippen LogP contribution in [-0.2, 0) is 6.42 Å². The van der Waals surface area contributed by atoms with Gasteiger partial charge in [-0.05, 0) is 42.7 Å². The number of nitrogens with zero attached hydrogens (tertiary/aromatic N) is 5. The number of benzene rings is 1. The molecule has 7 nitrogen and oxygen atoms in total. The fourth-order valence-corrected chi connectivity index (χ4v) is 2.66. The lowest BCUT2D eigenvalue weighted by molar-refractivity contribution is 0.462. The Morgan fingerprint density at radius 1 is 0.889 bits per heavy atom. The van der Waals surface area contributed by atoms with Crippen LogP contribution in [0.1, 0.15) is 11.1 Å². The summed E-state index contributed by atoms with van der Waals surface area (Å²) < 4.78 is 5.78. The van der Waals surface area contributed by atoms with Gasteiger partial charge in [-0.3, -0.25) is 0 Å². The molecule has 0 atom stereocenters. The maximum Gasteiger partial charge on any atom is 0.219 e. The molecule has 4 rings (SSSR count). The molecule has 7 heteroatoms. The standard InChI is InChI=1S/C20H18N6O/c1-14-6-8-21-17(12-14)27-16-4-2-15(3-5-16)7-9-23-19-18-20(26-13-25-19)24-11-10-22-18/h2-6,8,10-13H,7,9H2,1H3,(H,23,24,25,26). The Hall–Kier alpha value is -3.61. The largest absolute Gasteiger partial charge is 0.439 e. The fraction of sp³-hybridized carbons (Fsp3) is 0.150. The lowest BCUT2D eigenvalue weighted by Gasteiger charge is -2.08. The Bertz CT molecular complexity index is 1050. The van der Waals surface area contributed by atoms with Gasteiger partial charge in [0.2, 0.25) is 5.88 Å². The topological polar surface area (TPSA) is 85.7 Å². The molecule has 0 bridgehead atoms. The van der Waals surface area contributed by atoms with Crippen LogP contribution in [0.2, 0.25) is 0 Å². The highest BCUT2D eigenvalue weighted by atomic mass is 16.5. The van der Waals surface area contributed by atoms with Gasteiger partial charge in [0.05, 0.1) is 0 Å². The Balaban J connectivity index is 1.36. The van der Waals surface area contributed by atoms with Gasteiger partial charge in [-0.15, -0.1) is 0 Å². The van der Waals surface area contributed by atoms with Crippen LogP contribution >= 0.6 is 0 Å². The van der Waals surface area contributed by atoms with E-state index in [1.54, 1.807) is 18.6 Å². The number of rotatable bonds is 6. The highest BCUT2D eigenvalue weighted by molar-refractivity contribution is 5.81. The van der Waals surface area contributed by atoms with Crippen LogP contribution in [0.25, 0.3) is 11.2 Å². The first-order chi connectivity index (χ1) is 13.3. The Kier molecular flexibility index (Phi) is 4.82. The van der Waals surface area contributed by atoms with E-state index in [-0.39, 0.29) is 0 Å². The van der Waals surface area contributed by atoms with E-state index < -0.39 is 0 Å².